The minimum absolute atomic E-state index is 0.0583. The molecule has 1 saturated carbocycles. The van der Waals surface area contributed by atoms with Crippen LogP contribution in [0.5, 0.6) is 0 Å². The van der Waals surface area contributed by atoms with Crippen LogP contribution in [0.3, 0.4) is 0 Å². The van der Waals surface area contributed by atoms with Crippen LogP contribution in [0.15, 0.2) is 30.3 Å². The molecule has 2 fully saturated rings. The predicted molar refractivity (Wildman–Crippen MR) is 103 cm³/mol. The molecule has 1 spiro atoms. The molecule has 0 bridgehead atoms. The van der Waals surface area contributed by atoms with E-state index in [4.69, 9.17) is 0 Å². The number of amides is 3. The lowest BCUT2D eigenvalue weighted by Crippen LogP contribution is -2.46. The van der Waals surface area contributed by atoms with Gasteiger partial charge in [-0.25, -0.2) is 9.48 Å². The highest BCUT2D eigenvalue weighted by molar-refractivity contribution is 6.07. The number of aryl methyl sites for hydroxylation is 2. The second-order valence-corrected chi connectivity index (χ2v) is 7.82. The molecule has 2 heterocycles. The van der Waals surface area contributed by atoms with Gasteiger partial charge in [-0.2, -0.15) is 5.10 Å². The quantitative estimate of drug-likeness (QED) is 0.844. The van der Waals surface area contributed by atoms with Crippen LogP contribution in [-0.2, 0) is 11.3 Å². The van der Waals surface area contributed by atoms with Gasteiger partial charge in [-0.1, -0.05) is 37.8 Å². The third-order valence-electron chi connectivity index (χ3n) is 5.73. The zero-order valence-corrected chi connectivity index (χ0v) is 16.0. The highest BCUT2D eigenvalue weighted by atomic mass is 16.2. The predicted octanol–water partition coefficient (Wildman–Crippen LogP) is 3.63. The number of carbonyl (C=O) groups excluding carboxylic acids is 2. The van der Waals surface area contributed by atoms with E-state index < -0.39 is 5.54 Å². The number of imide groups is 1. The highest BCUT2D eigenvalue weighted by Crippen LogP contribution is 2.33. The van der Waals surface area contributed by atoms with E-state index in [0.29, 0.717) is 6.54 Å². The van der Waals surface area contributed by atoms with E-state index in [9.17, 15) is 9.59 Å². The average molecular weight is 366 g/mol. The van der Waals surface area contributed by atoms with Gasteiger partial charge in [0.2, 0.25) is 0 Å². The Bertz CT molecular complexity index is 861. The summed E-state index contributed by atoms with van der Waals surface area (Å²) in [7, 11) is 0. The van der Waals surface area contributed by atoms with Crippen LogP contribution in [0.2, 0.25) is 0 Å². The summed E-state index contributed by atoms with van der Waals surface area (Å²) >= 11 is 0. The molecule has 142 valence electrons. The number of aromatic nitrogens is 2. The van der Waals surface area contributed by atoms with Crippen LogP contribution in [0, 0.1) is 13.8 Å². The number of benzene rings is 1. The zero-order valence-electron chi connectivity index (χ0n) is 16.0. The summed E-state index contributed by atoms with van der Waals surface area (Å²) in [6.07, 6.45) is 5.78. The molecule has 1 aliphatic carbocycles. The van der Waals surface area contributed by atoms with Crippen molar-refractivity contribution >= 4 is 11.9 Å². The van der Waals surface area contributed by atoms with Gasteiger partial charge in [-0.05, 0) is 50.5 Å². The van der Waals surface area contributed by atoms with E-state index in [-0.39, 0.29) is 11.9 Å². The van der Waals surface area contributed by atoms with Gasteiger partial charge in [-0.3, -0.25) is 9.69 Å². The van der Waals surface area contributed by atoms with Crippen molar-refractivity contribution in [1.29, 1.82) is 0 Å². The van der Waals surface area contributed by atoms with Crippen molar-refractivity contribution in [2.75, 3.05) is 0 Å². The number of rotatable bonds is 3. The number of hydrogen-bond acceptors (Lipinski definition) is 3. The summed E-state index contributed by atoms with van der Waals surface area (Å²) in [6.45, 7) is 4.30. The van der Waals surface area contributed by atoms with Crippen molar-refractivity contribution in [3.63, 3.8) is 0 Å². The Kier molecular flexibility index (Phi) is 4.50. The van der Waals surface area contributed by atoms with Crippen molar-refractivity contribution in [3.05, 3.63) is 47.3 Å². The van der Waals surface area contributed by atoms with Gasteiger partial charge in [0.15, 0.2) is 0 Å². The molecule has 1 aromatic heterocycles. The fourth-order valence-corrected chi connectivity index (χ4v) is 4.31. The average Bonchev–Trinajstić information content (AvgIpc) is 2.97. The Labute approximate surface area is 159 Å². The first-order chi connectivity index (χ1) is 13.0. The van der Waals surface area contributed by atoms with E-state index in [1.807, 2.05) is 48.9 Å². The van der Waals surface area contributed by atoms with Crippen LogP contribution < -0.4 is 5.32 Å². The van der Waals surface area contributed by atoms with Crippen LogP contribution in [0.4, 0.5) is 4.79 Å². The molecule has 2 aromatic rings. The molecule has 6 heteroatoms. The number of hydrogen-bond donors (Lipinski definition) is 1. The summed E-state index contributed by atoms with van der Waals surface area (Å²) in [5.74, 6) is -0.0583. The molecule has 1 N–H and O–H groups in total. The Morgan fingerprint density at radius 2 is 1.70 bits per heavy atom. The molecular weight excluding hydrogens is 340 g/mol. The third kappa shape index (κ3) is 3.24. The van der Waals surface area contributed by atoms with Crippen molar-refractivity contribution in [1.82, 2.24) is 20.0 Å². The fraction of sp³-hybridized carbons (Fsp3) is 0.476. The van der Waals surface area contributed by atoms with Crippen molar-refractivity contribution < 1.29 is 9.59 Å². The molecule has 6 nitrogen and oxygen atoms in total. The number of nitrogens with one attached hydrogen (secondary N) is 1. The Morgan fingerprint density at radius 1 is 1.04 bits per heavy atom. The second-order valence-electron chi connectivity index (χ2n) is 7.82. The largest absolute Gasteiger partial charge is 0.325 e. The summed E-state index contributed by atoms with van der Waals surface area (Å²) < 4.78 is 1.90. The molecule has 0 radical (unpaired) electrons. The van der Waals surface area contributed by atoms with Gasteiger partial charge in [0.1, 0.15) is 5.54 Å². The summed E-state index contributed by atoms with van der Waals surface area (Å²) in [4.78, 5) is 26.9. The Hall–Kier alpha value is -2.63. The fourth-order valence-electron chi connectivity index (χ4n) is 4.31. The standard InChI is InChI=1S/C21H26N4O2/c1-15-13-16(2)25(23-15)18-9-7-17(8-10-18)14-24-19(26)21(22-20(24)27)11-5-3-4-6-12-21/h7-10,13H,3-6,11-12,14H2,1-2H3,(H,22,27). The first kappa shape index (κ1) is 17.8. The maximum absolute atomic E-state index is 13.0. The molecule has 0 atom stereocenters. The lowest BCUT2D eigenvalue weighted by Gasteiger charge is -2.24. The van der Waals surface area contributed by atoms with Crippen molar-refractivity contribution in [2.24, 2.45) is 0 Å². The molecule has 0 unspecified atom stereocenters. The zero-order chi connectivity index (χ0) is 19.0. The normalized spacial score (nSPS) is 19.4. The van der Waals surface area contributed by atoms with E-state index in [1.54, 1.807) is 0 Å². The van der Waals surface area contributed by atoms with Gasteiger partial charge < -0.3 is 5.32 Å². The lowest BCUT2D eigenvalue weighted by atomic mass is 9.90. The van der Waals surface area contributed by atoms with Crippen molar-refractivity contribution in [2.45, 2.75) is 64.5 Å². The maximum atomic E-state index is 13.0. The SMILES string of the molecule is Cc1cc(C)n(-c2ccc(CN3C(=O)NC4(CCCCCC4)C3=O)cc2)n1. The van der Waals surface area contributed by atoms with Gasteiger partial charge in [0.25, 0.3) is 5.91 Å². The van der Waals surface area contributed by atoms with E-state index in [0.717, 1.165) is 61.2 Å². The lowest BCUT2D eigenvalue weighted by molar-refractivity contribution is -0.132. The highest BCUT2D eigenvalue weighted by Gasteiger charge is 2.50. The molecular formula is C21H26N4O2. The molecule has 27 heavy (non-hydrogen) atoms. The van der Waals surface area contributed by atoms with Crippen molar-refractivity contribution in [3.8, 4) is 5.69 Å². The topological polar surface area (TPSA) is 67.2 Å². The minimum atomic E-state index is -0.669. The minimum Gasteiger partial charge on any atom is -0.323 e. The Balaban J connectivity index is 1.51. The molecule has 4 rings (SSSR count). The smallest absolute Gasteiger partial charge is 0.323 e. The van der Waals surface area contributed by atoms with Crippen LogP contribution in [0.25, 0.3) is 5.69 Å². The summed E-state index contributed by atoms with van der Waals surface area (Å²) in [5.41, 5.74) is 3.29. The summed E-state index contributed by atoms with van der Waals surface area (Å²) in [6, 6.07) is 9.66. The Morgan fingerprint density at radius 3 is 2.30 bits per heavy atom. The van der Waals surface area contributed by atoms with E-state index >= 15 is 0 Å². The second kappa shape index (κ2) is 6.83. The van der Waals surface area contributed by atoms with Gasteiger partial charge in [-0.15, -0.1) is 0 Å². The first-order valence-electron chi connectivity index (χ1n) is 9.75. The number of urea groups is 1. The molecule has 2 aliphatic rings. The van der Waals surface area contributed by atoms with Gasteiger partial charge in [0, 0.05) is 5.69 Å². The molecule has 1 aromatic carbocycles. The monoisotopic (exact) mass is 366 g/mol. The van der Waals surface area contributed by atoms with Gasteiger partial charge in [0.05, 0.1) is 17.9 Å². The number of carbonyl (C=O) groups is 2. The van der Waals surface area contributed by atoms with Crippen LogP contribution in [-0.4, -0.2) is 32.2 Å². The maximum Gasteiger partial charge on any atom is 0.325 e. The van der Waals surface area contributed by atoms with Crippen LogP contribution in [0.1, 0.15) is 55.5 Å². The first-order valence-corrected chi connectivity index (χ1v) is 9.75. The molecule has 1 saturated heterocycles. The molecule has 1 aliphatic heterocycles. The van der Waals surface area contributed by atoms with Gasteiger partial charge >= 0.3 is 6.03 Å². The number of nitrogens with zero attached hydrogens (tertiary/aromatic N) is 3. The summed E-state index contributed by atoms with van der Waals surface area (Å²) in [5, 5.41) is 7.49. The molecule has 3 amide bonds. The van der Waals surface area contributed by atoms with E-state index in [2.05, 4.69) is 10.4 Å². The van der Waals surface area contributed by atoms with E-state index in [1.165, 1.54) is 4.90 Å². The van der Waals surface area contributed by atoms with Crippen LogP contribution >= 0.6 is 0 Å². The third-order valence-corrected chi connectivity index (χ3v) is 5.73.